The molecule has 3 fully saturated rings. The van der Waals surface area contributed by atoms with Crippen LogP contribution in [-0.4, -0.2) is 67.2 Å². The minimum Gasteiger partial charge on any atom is -0.283 e. The lowest BCUT2D eigenvalue weighted by atomic mass is 9.85. The van der Waals surface area contributed by atoms with Gasteiger partial charge in [0.25, 0.3) is 0 Å². The normalized spacial score (nSPS) is 23.4. The zero-order chi connectivity index (χ0) is 20.8. The van der Waals surface area contributed by atoms with Gasteiger partial charge in [-0.1, -0.05) is 12.8 Å². The number of nitrogens with zero attached hydrogens (tertiary/aromatic N) is 3. The lowest BCUT2D eigenvalue weighted by Gasteiger charge is -2.35. The SMILES string of the molecule is O=C1CC2(CCCC2)C(=O)N1CN1CCN(S(=O)(=O)c2ccc(F)c(F)c2)CC1. The molecule has 1 aliphatic carbocycles. The van der Waals surface area contributed by atoms with Gasteiger partial charge >= 0.3 is 0 Å². The molecule has 2 aliphatic heterocycles. The Balaban J connectivity index is 1.39. The van der Waals surface area contributed by atoms with E-state index < -0.39 is 27.1 Å². The third kappa shape index (κ3) is 3.57. The molecule has 0 unspecified atom stereocenters. The maximum absolute atomic E-state index is 13.4. The number of rotatable bonds is 4. The van der Waals surface area contributed by atoms with Crippen LogP contribution >= 0.6 is 0 Å². The second-order valence-corrected chi connectivity index (χ2v) is 9.97. The zero-order valence-corrected chi connectivity index (χ0v) is 16.8. The molecule has 0 aromatic heterocycles. The van der Waals surface area contributed by atoms with Crippen molar-refractivity contribution in [2.24, 2.45) is 5.41 Å². The van der Waals surface area contributed by atoms with Crippen molar-refractivity contribution in [3.63, 3.8) is 0 Å². The smallest absolute Gasteiger partial charge is 0.243 e. The van der Waals surface area contributed by atoms with E-state index in [2.05, 4.69) is 0 Å². The van der Waals surface area contributed by atoms with Crippen LogP contribution < -0.4 is 0 Å². The summed E-state index contributed by atoms with van der Waals surface area (Å²) in [5, 5.41) is 0. The second-order valence-electron chi connectivity index (χ2n) is 8.03. The number of halogens is 2. The number of sulfonamides is 1. The number of amides is 2. The average Bonchev–Trinajstić information content (AvgIpc) is 3.25. The number of piperazine rings is 1. The maximum atomic E-state index is 13.4. The molecule has 1 aromatic carbocycles. The van der Waals surface area contributed by atoms with Crippen molar-refractivity contribution in [3.8, 4) is 0 Å². The summed E-state index contributed by atoms with van der Waals surface area (Å²) >= 11 is 0. The molecular formula is C19H23F2N3O4S. The summed E-state index contributed by atoms with van der Waals surface area (Å²) < 4.78 is 53.1. The Hall–Kier alpha value is -1.91. The molecule has 0 atom stereocenters. The van der Waals surface area contributed by atoms with Gasteiger partial charge in [-0.3, -0.25) is 19.4 Å². The molecule has 2 heterocycles. The molecule has 4 rings (SSSR count). The summed E-state index contributed by atoms with van der Waals surface area (Å²) in [6, 6.07) is 2.52. The number of hydrogen-bond donors (Lipinski definition) is 0. The molecule has 1 spiro atoms. The van der Waals surface area contributed by atoms with Gasteiger partial charge in [-0.2, -0.15) is 4.31 Å². The van der Waals surface area contributed by atoms with Gasteiger partial charge in [0.15, 0.2) is 11.6 Å². The molecule has 29 heavy (non-hydrogen) atoms. The summed E-state index contributed by atoms with van der Waals surface area (Å²) in [5.74, 6) is -2.57. The molecule has 0 radical (unpaired) electrons. The first-order valence-corrected chi connectivity index (χ1v) is 11.2. The van der Waals surface area contributed by atoms with Gasteiger partial charge in [0.05, 0.1) is 17.0 Å². The molecule has 0 bridgehead atoms. The summed E-state index contributed by atoms with van der Waals surface area (Å²) in [6.07, 6.45) is 3.72. The number of carbonyl (C=O) groups excluding carboxylic acids is 2. The van der Waals surface area contributed by atoms with E-state index in [1.54, 1.807) is 0 Å². The van der Waals surface area contributed by atoms with Crippen LogP contribution in [0.4, 0.5) is 8.78 Å². The van der Waals surface area contributed by atoms with Crippen molar-refractivity contribution in [1.82, 2.24) is 14.1 Å². The van der Waals surface area contributed by atoms with Crippen molar-refractivity contribution in [2.75, 3.05) is 32.8 Å². The number of benzene rings is 1. The van der Waals surface area contributed by atoms with Crippen LogP contribution in [0.2, 0.25) is 0 Å². The summed E-state index contributed by atoms with van der Waals surface area (Å²) in [6.45, 7) is 1.13. The molecule has 7 nitrogen and oxygen atoms in total. The Kier molecular flexibility index (Phi) is 5.20. The van der Waals surface area contributed by atoms with Crippen LogP contribution in [0.3, 0.4) is 0 Å². The predicted molar refractivity (Wildman–Crippen MR) is 98.9 cm³/mol. The van der Waals surface area contributed by atoms with E-state index in [9.17, 15) is 26.8 Å². The number of carbonyl (C=O) groups is 2. The van der Waals surface area contributed by atoms with Gasteiger partial charge in [0, 0.05) is 32.6 Å². The molecule has 0 N–H and O–H groups in total. The zero-order valence-electron chi connectivity index (χ0n) is 15.9. The van der Waals surface area contributed by atoms with Crippen molar-refractivity contribution in [1.29, 1.82) is 0 Å². The van der Waals surface area contributed by atoms with Gasteiger partial charge in [-0.25, -0.2) is 17.2 Å². The number of likely N-dealkylation sites (tertiary alicyclic amines) is 1. The topological polar surface area (TPSA) is 78.0 Å². The molecule has 2 saturated heterocycles. The molecule has 158 valence electrons. The summed E-state index contributed by atoms with van der Waals surface area (Å²) in [5.41, 5.74) is -0.519. The van der Waals surface area contributed by atoms with Crippen LogP contribution in [0, 0.1) is 17.0 Å². The van der Waals surface area contributed by atoms with Gasteiger partial charge < -0.3 is 0 Å². The lowest BCUT2D eigenvalue weighted by Crippen LogP contribution is -2.52. The molecule has 1 saturated carbocycles. The van der Waals surface area contributed by atoms with Crippen LogP contribution in [0.25, 0.3) is 0 Å². The average molecular weight is 427 g/mol. The third-order valence-corrected chi connectivity index (χ3v) is 8.15. The number of hydrogen-bond acceptors (Lipinski definition) is 5. The Morgan fingerprint density at radius 1 is 0.966 bits per heavy atom. The van der Waals surface area contributed by atoms with Crippen molar-refractivity contribution < 1.29 is 26.8 Å². The monoisotopic (exact) mass is 427 g/mol. The summed E-state index contributed by atoms with van der Waals surface area (Å²) in [7, 11) is -3.94. The van der Waals surface area contributed by atoms with Crippen molar-refractivity contribution in [3.05, 3.63) is 29.8 Å². The van der Waals surface area contributed by atoms with E-state index in [0.717, 1.165) is 37.8 Å². The maximum Gasteiger partial charge on any atom is 0.243 e. The fourth-order valence-electron chi connectivity index (χ4n) is 4.54. The Morgan fingerprint density at radius 3 is 2.24 bits per heavy atom. The first-order valence-electron chi connectivity index (χ1n) is 9.75. The highest BCUT2D eigenvalue weighted by molar-refractivity contribution is 7.89. The molecule has 1 aromatic rings. The van der Waals surface area contributed by atoms with E-state index in [0.29, 0.717) is 19.2 Å². The van der Waals surface area contributed by atoms with Gasteiger partial charge in [0.2, 0.25) is 21.8 Å². The van der Waals surface area contributed by atoms with Gasteiger partial charge in [-0.15, -0.1) is 0 Å². The lowest BCUT2D eigenvalue weighted by molar-refractivity contribution is -0.144. The van der Waals surface area contributed by atoms with Crippen molar-refractivity contribution in [2.45, 2.75) is 37.0 Å². The predicted octanol–water partition coefficient (Wildman–Crippen LogP) is 1.55. The highest BCUT2D eigenvalue weighted by atomic mass is 32.2. The highest BCUT2D eigenvalue weighted by Gasteiger charge is 2.52. The van der Waals surface area contributed by atoms with E-state index in [4.69, 9.17) is 0 Å². The van der Waals surface area contributed by atoms with E-state index in [1.165, 1.54) is 9.21 Å². The second kappa shape index (κ2) is 7.41. The Morgan fingerprint density at radius 2 is 1.62 bits per heavy atom. The summed E-state index contributed by atoms with van der Waals surface area (Å²) in [4.78, 5) is 28.1. The van der Waals surface area contributed by atoms with Gasteiger partial charge in [0.1, 0.15) is 0 Å². The Bertz CT molecular complexity index is 939. The van der Waals surface area contributed by atoms with E-state index >= 15 is 0 Å². The largest absolute Gasteiger partial charge is 0.283 e. The first kappa shape index (κ1) is 20.4. The minimum absolute atomic E-state index is 0.100. The standard InChI is InChI=1S/C19H23F2N3O4S/c20-15-4-3-14(11-16(15)21)29(27,28)23-9-7-22(8-10-23)13-24-17(25)12-19(18(24)26)5-1-2-6-19/h3-4,11H,1-2,5-10,12-13H2. The third-order valence-electron chi connectivity index (χ3n) is 6.25. The molecular weight excluding hydrogens is 404 g/mol. The molecule has 3 aliphatic rings. The number of imide groups is 1. The fraction of sp³-hybridized carbons (Fsp3) is 0.579. The van der Waals surface area contributed by atoms with E-state index in [1.807, 2.05) is 4.90 Å². The van der Waals surface area contributed by atoms with Crippen LogP contribution in [-0.2, 0) is 19.6 Å². The molecule has 2 amide bonds. The van der Waals surface area contributed by atoms with E-state index in [-0.39, 0.29) is 42.9 Å². The van der Waals surface area contributed by atoms with Gasteiger partial charge in [-0.05, 0) is 31.0 Å². The minimum atomic E-state index is -3.94. The fourth-order valence-corrected chi connectivity index (χ4v) is 5.98. The van der Waals surface area contributed by atoms with Crippen LogP contribution in [0.15, 0.2) is 23.1 Å². The van der Waals surface area contributed by atoms with Crippen LogP contribution in [0.5, 0.6) is 0 Å². The van der Waals surface area contributed by atoms with Crippen LogP contribution in [0.1, 0.15) is 32.1 Å². The Labute approximate surface area is 168 Å². The molecule has 10 heteroatoms. The highest BCUT2D eigenvalue weighted by Crippen LogP contribution is 2.46. The quantitative estimate of drug-likeness (QED) is 0.682. The van der Waals surface area contributed by atoms with Crippen molar-refractivity contribution >= 4 is 21.8 Å². The first-order chi connectivity index (χ1) is 13.7.